The van der Waals surface area contributed by atoms with Gasteiger partial charge in [0.05, 0.1) is 18.3 Å². The molecule has 0 radical (unpaired) electrons. The van der Waals surface area contributed by atoms with E-state index in [-0.39, 0.29) is 30.5 Å². The van der Waals surface area contributed by atoms with E-state index in [0.29, 0.717) is 29.8 Å². The summed E-state index contributed by atoms with van der Waals surface area (Å²) in [6.07, 6.45) is 6.18. The highest BCUT2D eigenvalue weighted by Crippen LogP contribution is 2.33. The lowest BCUT2D eigenvalue weighted by Crippen LogP contribution is -2.50. The fourth-order valence-electron chi connectivity index (χ4n) is 5.84. The molecule has 1 amide bonds. The number of rotatable bonds is 12. The molecule has 0 saturated heterocycles. The van der Waals surface area contributed by atoms with E-state index in [1.807, 2.05) is 41.3 Å². The predicted octanol–water partition coefficient (Wildman–Crippen LogP) is 4.15. The van der Waals surface area contributed by atoms with E-state index < -0.39 is 12.0 Å². The number of hydrogen-bond donors (Lipinski definition) is 7. The van der Waals surface area contributed by atoms with Crippen molar-refractivity contribution in [2.24, 2.45) is 0 Å². The molecule has 236 valence electrons. The van der Waals surface area contributed by atoms with Gasteiger partial charge in [0.1, 0.15) is 11.7 Å². The second-order valence-corrected chi connectivity index (χ2v) is 12.1. The Balaban J connectivity index is 1.55. The largest absolute Gasteiger partial charge is 0.388 e. The smallest absolute Gasteiger partial charge is 0.257 e. The maximum absolute atomic E-state index is 14.2. The van der Waals surface area contributed by atoms with Gasteiger partial charge in [-0.1, -0.05) is 61.9 Å². The molecule has 1 aliphatic carbocycles. The second-order valence-electron chi connectivity index (χ2n) is 12.1. The predicted molar refractivity (Wildman–Crippen MR) is 171 cm³/mol. The Morgan fingerprint density at radius 2 is 1.82 bits per heavy atom. The maximum Gasteiger partial charge on any atom is 0.257 e. The molecular weight excluding hydrogens is 558 g/mol. The van der Waals surface area contributed by atoms with Crippen molar-refractivity contribution in [3.63, 3.8) is 0 Å². The lowest BCUT2D eigenvalue weighted by Gasteiger charge is -2.42. The summed E-state index contributed by atoms with van der Waals surface area (Å²) >= 11 is 0. The number of carbonyl (C=O) groups is 1. The number of benzene rings is 2. The summed E-state index contributed by atoms with van der Waals surface area (Å²) in [6.45, 7) is 5.81. The molecule has 0 atom stereocenters. The standard InChI is InChI=1S/C34H45N5O5/c1-4-7-29-28(20-22-10-12-23(13-11-22)26-8-5-6-9-27(26)31(36)38-33(41)42)32(40)39(30(37-29)18-19-35)24-14-16-25(17-15-24)44-21-34(2,3)43/h5-6,8-13,18-19,24-25,33,35,37,41-43H,4,7,14-17,20-21H2,1-3H3,(H2,36,38)/b30-18+,35-19?/t24-,25-. The average molecular weight is 604 g/mol. The molecule has 0 unspecified atom stereocenters. The van der Waals surface area contributed by atoms with Crippen molar-refractivity contribution in [2.45, 2.75) is 89.9 Å². The monoisotopic (exact) mass is 603 g/mol. The number of ether oxygens (including phenoxy) is 1. The van der Waals surface area contributed by atoms with Crippen molar-refractivity contribution in [2.75, 3.05) is 6.61 Å². The van der Waals surface area contributed by atoms with Crippen LogP contribution in [-0.4, -0.2) is 68.9 Å². The third-order valence-electron chi connectivity index (χ3n) is 7.92. The van der Waals surface area contributed by atoms with Crippen LogP contribution >= 0.6 is 0 Å². The van der Waals surface area contributed by atoms with E-state index in [0.717, 1.165) is 54.5 Å². The number of aliphatic hydroxyl groups excluding tert-OH is 1. The quantitative estimate of drug-likeness (QED) is 0.109. The molecule has 1 heterocycles. The molecule has 44 heavy (non-hydrogen) atoms. The van der Waals surface area contributed by atoms with Gasteiger partial charge in [0, 0.05) is 35.5 Å². The van der Waals surface area contributed by atoms with Crippen molar-refractivity contribution in [3.8, 4) is 11.1 Å². The summed E-state index contributed by atoms with van der Waals surface area (Å²) in [5.74, 6) is 0.492. The summed E-state index contributed by atoms with van der Waals surface area (Å²) < 4.78 is 5.95. The van der Waals surface area contributed by atoms with Crippen LogP contribution in [0.5, 0.6) is 0 Å². The molecule has 10 heteroatoms. The highest BCUT2D eigenvalue weighted by atomic mass is 16.5. The van der Waals surface area contributed by atoms with Crippen LogP contribution in [0.15, 0.2) is 71.7 Å². The number of aliphatic hydroxyl groups is 3. The van der Waals surface area contributed by atoms with E-state index in [1.165, 1.54) is 6.21 Å². The van der Waals surface area contributed by atoms with Crippen LogP contribution in [0, 0.1) is 10.8 Å². The van der Waals surface area contributed by atoms with Gasteiger partial charge in [-0.3, -0.25) is 15.1 Å². The molecule has 0 bridgehead atoms. The molecule has 7 N–H and O–H groups in total. The number of allylic oxidation sites excluding steroid dienone is 2. The molecule has 4 rings (SSSR count). The van der Waals surface area contributed by atoms with Gasteiger partial charge in [-0.2, -0.15) is 0 Å². The molecule has 1 fully saturated rings. The SMILES string of the molecule is CCCC1=C(Cc2ccc(-c3ccccc3C(=N)NC(O)O)cc2)C(=O)N([C@H]2CC[C@H](OCC(C)(C)O)CC2)/C(=C/C=N)N1. The second kappa shape index (κ2) is 14.8. The average Bonchev–Trinajstić information content (AvgIpc) is 2.98. The molecule has 0 aromatic heterocycles. The normalized spacial score (nSPS) is 20.2. The highest BCUT2D eigenvalue weighted by Gasteiger charge is 2.37. The minimum Gasteiger partial charge on any atom is -0.388 e. The first-order chi connectivity index (χ1) is 21.0. The molecule has 2 aromatic carbocycles. The summed E-state index contributed by atoms with van der Waals surface area (Å²) in [5.41, 5.74) is 3.84. The Kier molecular flexibility index (Phi) is 11.1. The van der Waals surface area contributed by atoms with Crippen molar-refractivity contribution < 1.29 is 24.9 Å². The van der Waals surface area contributed by atoms with Crippen molar-refractivity contribution in [3.05, 3.63) is 82.8 Å². The number of nitrogens with zero attached hydrogens (tertiary/aromatic N) is 1. The fraction of sp³-hybridized carbons (Fsp3) is 0.441. The molecule has 1 aliphatic heterocycles. The number of hydrogen-bond acceptors (Lipinski definition) is 8. The van der Waals surface area contributed by atoms with Gasteiger partial charge in [-0.05, 0) is 68.7 Å². The van der Waals surface area contributed by atoms with E-state index in [1.54, 1.807) is 32.1 Å². The molecule has 1 saturated carbocycles. The highest BCUT2D eigenvalue weighted by molar-refractivity contribution is 6.02. The van der Waals surface area contributed by atoms with Gasteiger partial charge >= 0.3 is 0 Å². The molecule has 2 aliphatic rings. The third-order valence-corrected chi connectivity index (χ3v) is 7.92. The van der Waals surface area contributed by atoms with Crippen LogP contribution in [-0.2, 0) is 16.0 Å². The van der Waals surface area contributed by atoms with Gasteiger partial charge in [0.25, 0.3) is 5.91 Å². The van der Waals surface area contributed by atoms with Gasteiger partial charge in [-0.25, -0.2) is 0 Å². The molecular formula is C34H45N5O5. The summed E-state index contributed by atoms with van der Waals surface area (Å²) in [5, 5.41) is 50.3. The van der Waals surface area contributed by atoms with Crippen LogP contribution in [0.2, 0.25) is 0 Å². The van der Waals surface area contributed by atoms with Gasteiger partial charge in [0.2, 0.25) is 6.41 Å². The van der Waals surface area contributed by atoms with Gasteiger partial charge in [0.15, 0.2) is 0 Å². The van der Waals surface area contributed by atoms with Crippen LogP contribution in [0.25, 0.3) is 11.1 Å². The lowest BCUT2D eigenvalue weighted by molar-refractivity contribution is -0.130. The van der Waals surface area contributed by atoms with Crippen LogP contribution in [0.4, 0.5) is 0 Å². The number of amidine groups is 1. The van der Waals surface area contributed by atoms with Crippen molar-refractivity contribution in [1.29, 1.82) is 10.8 Å². The Hall–Kier alpha value is -3.83. The topological polar surface area (TPSA) is 162 Å². The summed E-state index contributed by atoms with van der Waals surface area (Å²) in [7, 11) is 0. The number of carbonyl (C=O) groups excluding carboxylic acids is 1. The minimum atomic E-state index is -1.83. The Labute approximate surface area is 259 Å². The molecule has 10 nitrogen and oxygen atoms in total. The molecule has 0 spiro atoms. The zero-order valence-electron chi connectivity index (χ0n) is 25.8. The first-order valence-electron chi connectivity index (χ1n) is 15.3. The third kappa shape index (κ3) is 8.41. The number of nitrogens with one attached hydrogen (secondary N) is 4. The first-order valence-corrected chi connectivity index (χ1v) is 15.3. The van der Waals surface area contributed by atoms with E-state index in [4.69, 9.17) is 15.6 Å². The van der Waals surface area contributed by atoms with Gasteiger partial charge in [-0.15, -0.1) is 0 Å². The van der Waals surface area contributed by atoms with Crippen LogP contribution < -0.4 is 10.6 Å². The molecule has 2 aromatic rings. The minimum absolute atomic E-state index is 0.0263. The first kappa shape index (κ1) is 33.1. The van der Waals surface area contributed by atoms with E-state index in [2.05, 4.69) is 17.6 Å². The Morgan fingerprint density at radius 3 is 2.43 bits per heavy atom. The Bertz CT molecular complexity index is 1390. The van der Waals surface area contributed by atoms with Gasteiger partial charge < -0.3 is 36.1 Å². The van der Waals surface area contributed by atoms with Crippen LogP contribution in [0.1, 0.15) is 70.4 Å². The number of amides is 1. The van der Waals surface area contributed by atoms with E-state index in [9.17, 15) is 20.1 Å². The maximum atomic E-state index is 14.2. The van der Waals surface area contributed by atoms with Crippen molar-refractivity contribution >= 4 is 18.0 Å². The zero-order valence-corrected chi connectivity index (χ0v) is 25.8. The summed E-state index contributed by atoms with van der Waals surface area (Å²) in [6, 6.07) is 15.1. The zero-order chi connectivity index (χ0) is 31.9. The lowest BCUT2D eigenvalue weighted by atomic mass is 9.89. The van der Waals surface area contributed by atoms with Crippen LogP contribution in [0.3, 0.4) is 0 Å². The van der Waals surface area contributed by atoms with E-state index >= 15 is 0 Å². The Morgan fingerprint density at radius 1 is 1.14 bits per heavy atom. The van der Waals surface area contributed by atoms with Crippen molar-refractivity contribution in [1.82, 2.24) is 15.5 Å². The summed E-state index contributed by atoms with van der Waals surface area (Å²) in [4.78, 5) is 16.0. The fourth-order valence-corrected chi connectivity index (χ4v) is 5.84.